The van der Waals surface area contributed by atoms with Crippen LogP contribution in [0.2, 0.25) is 0 Å². The highest BCUT2D eigenvalue weighted by atomic mass is 16.3. The minimum atomic E-state index is -0.0374. The van der Waals surface area contributed by atoms with E-state index in [0.717, 1.165) is 12.0 Å². The van der Waals surface area contributed by atoms with Gasteiger partial charge < -0.3 is 10.4 Å². The molecule has 0 radical (unpaired) electrons. The summed E-state index contributed by atoms with van der Waals surface area (Å²) in [5.41, 5.74) is 1.75. The molecule has 2 aromatic rings. The molecule has 0 heterocycles. The number of amides is 1. The van der Waals surface area contributed by atoms with Gasteiger partial charge in [0.05, 0.1) is 0 Å². The number of aromatic hydroxyl groups is 1. The smallest absolute Gasteiger partial charge is 0.220 e. The van der Waals surface area contributed by atoms with Gasteiger partial charge in [-0.25, -0.2) is 0 Å². The molecule has 0 unspecified atom stereocenters. The first-order valence-corrected chi connectivity index (χ1v) is 7.78. The molecule has 0 atom stereocenters. The molecule has 23 heavy (non-hydrogen) atoms. The summed E-state index contributed by atoms with van der Waals surface area (Å²) in [6.45, 7) is 0.552. The van der Waals surface area contributed by atoms with Crippen LogP contribution in [0.25, 0.3) is 0 Å². The fourth-order valence-electron chi connectivity index (χ4n) is 2.28. The van der Waals surface area contributed by atoms with Crippen LogP contribution >= 0.6 is 0 Å². The van der Waals surface area contributed by atoms with Crippen LogP contribution in [-0.4, -0.2) is 23.3 Å². The van der Waals surface area contributed by atoms with Crippen molar-refractivity contribution in [2.24, 2.45) is 0 Å². The van der Waals surface area contributed by atoms with E-state index in [0.29, 0.717) is 31.4 Å². The van der Waals surface area contributed by atoms with Gasteiger partial charge in [-0.1, -0.05) is 42.5 Å². The quantitative estimate of drug-likeness (QED) is 0.736. The van der Waals surface area contributed by atoms with Crippen LogP contribution in [0.5, 0.6) is 5.75 Å². The van der Waals surface area contributed by atoms with Gasteiger partial charge in [0, 0.05) is 24.9 Å². The van der Waals surface area contributed by atoms with Crippen molar-refractivity contribution in [1.82, 2.24) is 5.32 Å². The Morgan fingerprint density at radius 2 is 1.61 bits per heavy atom. The molecule has 0 aliphatic rings. The topological polar surface area (TPSA) is 66.4 Å². The molecule has 0 saturated carbocycles. The van der Waals surface area contributed by atoms with Gasteiger partial charge in [-0.15, -0.1) is 0 Å². The number of Topliss-reactive ketones (excluding diaryl/α,β-unsaturated/α-hetero) is 1. The summed E-state index contributed by atoms with van der Waals surface area (Å²) >= 11 is 0. The molecule has 0 aliphatic carbocycles. The molecule has 1 amide bonds. The number of carbonyl (C=O) groups excluding carboxylic acids is 2. The summed E-state index contributed by atoms with van der Waals surface area (Å²) in [5, 5.41) is 12.0. The van der Waals surface area contributed by atoms with Crippen LogP contribution in [0.3, 0.4) is 0 Å². The highest BCUT2D eigenvalue weighted by Gasteiger charge is 2.07. The number of rotatable bonds is 8. The molecule has 0 aromatic heterocycles. The van der Waals surface area contributed by atoms with Gasteiger partial charge in [-0.3, -0.25) is 9.59 Å². The highest BCUT2D eigenvalue weighted by Crippen LogP contribution is 2.10. The van der Waals surface area contributed by atoms with Gasteiger partial charge in [0.25, 0.3) is 0 Å². The lowest BCUT2D eigenvalue weighted by Gasteiger charge is -2.05. The molecular formula is C19H21NO3. The number of phenols is 1. The first-order chi connectivity index (χ1) is 11.1. The summed E-state index contributed by atoms with van der Waals surface area (Å²) in [7, 11) is 0. The maximum Gasteiger partial charge on any atom is 0.220 e. The molecular weight excluding hydrogens is 290 g/mol. The Kier molecular flexibility index (Phi) is 6.36. The van der Waals surface area contributed by atoms with Crippen molar-refractivity contribution in [2.75, 3.05) is 6.54 Å². The van der Waals surface area contributed by atoms with E-state index < -0.39 is 0 Å². The Morgan fingerprint density at radius 1 is 0.913 bits per heavy atom. The number of hydrogen-bond donors (Lipinski definition) is 2. The van der Waals surface area contributed by atoms with E-state index in [1.807, 2.05) is 30.3 Å². The van der Waals surface area contributed by atoms with Crippen LogP contribution < -0.4 is 5.32 Å². The van der Waals surface area contributed by atoms with Gasteiger partial charge in [-0.2, -0.15) is 0 Å². The second kappa shape index (κ2) is 8.73. The average Bonchev–Trinajstić information content (AvgIpc) is 2.57. The lowest BCUT2D eigenvalue weighted by molar-refractivity contribution is -0.121. The van der Waals surface area contributed by atoms with Crippen LogP contribution in [0.4, 0.5) is 0 Å². The number of ketones is 1. The standard InChI is InChI=1S/C19H21NO3/c21-17-11-9-15(10-12-17)13-14-20-19(23)8-4-7-18(22)16-5-2-1-3-6-16/h1-3,5-6,9-12,21H,4,7-8,13-14H2,(H,20,23). The van der Waals surface area contributed by atoms with E-state index in [-0.39, 0.29) is 17.4 Å². The predicted octanol–water partition coefficient (Wildman–Crippen LogP) is 3.10. The monoisotopic (exact) mass is 311 g/mol. The molecule has 4 nitrogen and oxygen atoms in total. The summed E-state index contributed by atoms with van der Waals surface area (Å²) in [6.07, 6.45) is 2.01. The highest BCUT2D eigenvalue weighted by molar-refractivity contribution is 5.96. The van der Waals surface area contributed by atoms with Crippen molar-refractivity contribution in [3.63, 3.8) is 0 Å². The van der Waals surface area contributed by atoms with Crippen LogP contribution in [0.15, 0.2) is 54.6 Å². The minimum absolute atomic E-state index is 0.0374. The Labute approximate surface area is 136 Å². The largest absolute Gasteiger partial charge is 0.508 e. The van der Waals surface area contributed by atoms with Crippen molar-refractivity contribution in [2.45, 2.75) is 25.7 Å². The maximum absolute atomic E-state index is 11.9. The number of nitrogens with one attached hydrogen (secondary N) is 1. The third-order valence-electron chi connectivity index (χ3n) is 3.58. The number of benzene rings is 2. The van der Waals surface area contributed by atoms with Crippen molar-refractivity contribution in [1.29, 1.82) is 0 Å². The molecule has 0 saturated heterocycles. The zero-order valence-corrected chi connectivity index (χ0v) is 13.0. The molecule has 0 fully saturated rings. The van der Waals surface area contributed by atoms with Crippen molar-refractivity contribution in [3.05, 3.63) is 65.7 Å². The van der Waals surface area contributed by atoms with Crippen molar-refractivity contribution >= 4 is 11.7 Å². The van der Waals surface area contributed by atoms with Gasteiger partial charge in [0.1, 0.15) is 5.75 Å². The lowest BCUT2D eigenvalue weighted by Crippen LogP contribution is -2.25. The van der Waals surface area contributed by atoms with Gasteiger partial charge in [0.15, 0.2) is 5.78 Å². The third-order valence-corrected chi connectivity index (χ3v) is 3.58. The first kappa shape index (κ1) is 16.7. The van der Waals surface area contributed by atoms with E-state index in [1.54, 1.807) is 24.3 Å². The molecule has 0 spiro atoms. The number of phenolic OH excluding ortho intramolecular Hbond substituents is 1. The van der Waals surface area contributed by atoms with Gasteiger partial charge >= 0.3 is 0 Å². The second-order valence-electron chi connectivity index (χ2n) is 5.41. The van der Waals surface area contributed by atoms with Crippen LogP contribution in [0, 0.1) is 0 Å². The molecule has 4 heteroatoms. The molecule has 2 N–H and O–H groups in total. The van der Waals surface area contributed by atoms with Gasteiger partial charge in [0.2, 0.25) is 5.91 Å². The van der Waals surface area contributed by atoms with Crippen molar-refractivity contribution in [3.8, 4) is 5.75 Å². The maximum atomic E-state index is 11.9. The minimum Gasteiger partial charge on any atom is -0.508 e. The van der Waals surface area contributed by atoms with Gasteiger partial charge in [-0.05, 0) is 30.5 Å². The van der Waals surface area contributed by atoms with Crippen molar-refractivity contribution < 1.29 is 14.7 Å². The molecule has 0 aliphatic heterocycles. The van der Waals surface area contributed by atoms with E-state index in [9.17, 15) is 14.7 Å². The zero-order chi connectivity index (χ0) is 16.5. The first-order valence-electron chi connectivity index (χ1n) is 7.78. The van der Waals surface area contributed by atoms with Crippen LogP contribution in [0.1, 0.15) is 35.2 Å². The second-order valence-corrected chi connectivity index (χ2v) is 5.41. The zero-order valence-electron chi connectivity index (χ0n) is 13.0. The normalized spacial score (nSPS) is 10.3. The molecule has 2 aromatic carbocycles. The van der Waals surface area contributed by atoms with Crippen LogP contribution in [-0.2, 0) is 11.2 Å². The van der Waals surface area contributed by atoms with E-state index >= 15 is 0 Å². The molecule has 2 rings (SSSR count). The van der Waals surface area contributed by atoms with E-state index in [4.69, 9.17) is 0 Å². The summed E-state index contributed by atoms with van der Waals surface area (Å²) in [4.78, 5) is 23.6. The Hall–Kier alpha value is -2.62. The summed E-state index contributed by atoms with van der Waals surface area (Å²) in [6, 6.07) is 16.1. The molecule has 0 bridgehead atoms. The Balaban J connectivity index is 1.62. The molecule has 120 valence electrons. The average molecular weight is 311 g/mol. The summed E-state index contributed by atoms with van der Waals surface area (Å²) in [5.74, 6) is 0.271. The van der Waals surface area contributed by atoms with E-state index in [2.05, 4.69) is 5.32 Å². The number of hydrogen-bond acceptors (Lipinski definition) is 3. The lowest BCUT2D eigenvalue weighted by atomic mass is 10.1. The third kappa shape index (κ3) is 5.94. The predicted molar refractivity (Wildman–Crippen MR) is 89.4 cm³/mol. The Morgan fingerprint density at radius 3 is 2.30 bits per heavy atom. The fourth-order valence-corrected chi connectivity index (χ4v) is 2.28. The number of carbonyl (C=O) groups is 2. The SMILES string of the molecule is O=C(CCCC(=O)c1ccccc1)NCCc1ccc(O)cc1. The Bertz CT molecular complexity index is 635. The van der Waals surface area contributed by atoms with E-state index in [1.165, 1.54) is 0 Å². The fraction of sp³-hybridized carbons (Fsp3) is 0.263. The summed E-state index contributed by atoms with van der Waals surface area (Å²) < 4.78 is 0.